The molecule has 1 aliphatic carbocycles. The minimum Gasteiger partial charge on any atom is -0.334 e. The minimum absolute atomic E-state index is 0.0233. The lowest BCUT2D eigenvalue weighted by Gasteiger charge is -2.23. The molecule has 3 aromatic rings. The van der Waals surface area contributed by atoms with Crippen LogP contribution < -0.4 is 5.56 Å². The second-order valence-corrected chi connectivity index (χ2v) is 6.41. The summed E-state index contributed by atoms with van der Waals surface area (Å²) in [4.78, 5) is 31.3. The van der Waals surface area contributed by atoms with Gasteiger partial charge >= 0.3 is 0 Å². The molecule has 5 nitrogen and oxygen atoms in total. The number of benzene rings is 2. The Kier molecular flexibility index (Phi) is 4.06. The standard InChI is InChI=1S/C20H19N3O2/c24-19-12-21-17-8-4-5-9-18(17)23(19)14-20(25)22(16-10-11-16)13-15-6-2-1-3-7-15/h1-9,12,16H,10-11,13-14H2. The predicted molar refractivity (Wildman–Crippen MR) is 96.0 cm³/mol. The number of nitrogens with zero attached hydrogens (tertiary/aromatic N) is 3. The van der Waals surface area contributed by atoms with Crippen molar-refractivity contribution in [2.24, 2.45) is 0 Å². The summed E-state index contributed by atoms with van der Waals surface area (Å²) in [6.07, 6.45) is 3.35. The highest BCUT2D eigenvalue weighted by Gasteiger charge is 2.32. The average Bonchev–Trinajstić information content (AvgIpc) is 3.48. The molecule has 0 atom stereocenters. The van der Waals surface area contributed by atoms with Crippen molar-refractivity contribution in [3.8, 4) is 0 Å². The molecule has 1 aromatic heterocycles. The van der Waals surface area contributed by atoms with Crippen LogP contribution in [-0.2, 0) is 17.9 Å². The minimum atomic E-state index is -0.248. The van der Waals surface area contributed by atoms with Gasteiger partial charge in [0.05, 0.1) is 17.2 Å². The molecule has 0 bridgehead atoms. The summed E-state index contributed by atoms with van der Waals surface area (Å²) in [5.41, 5.74) is 2.27. The molecule has 0 radical (unpaired) electrons. The lowest BCUT2D eigenvalue weighted by atomic mass is 10.2. The van der Waals surface area contributed by atoms with Gasteiger partial charge in [-0.15, -0.1) is 0 Å². The summed E-state index contributed by atoms with van der Waals surface area (Å²) in [5.74, 6) is -0.0233. The maximum Gasteiger partial charge on any atom is 0.269 e. The van der Waals surface area contributed by atoms with Gasteiger partial charge in [-0.1, -0.05) is 42.5 Å². The Labute approximate surface area is 145 Å². The van der Waals surface area contributed by atoms with Gasteiger partial charge in [0.15, 0.2) is 0 Å². The molecule has 1 aliphatic rings. The maximum atomic E-state index is 12.9. The first-order valence-electron chi connectivity index (χ1n) is 8.50. The second-order valence-electron chi connectivity index (χ2n) is 6.41. The van der Waals surface area contributed by atoms with Crippen LogP contribution >= 0.6 is 0 Å². The van der Waals surface area contributed by atoms with Gasteiger partial charge in [0, 0.05) is 12.6 Å². The number of rotatable bonds is 5. The van der Waals surface area contributed by atoms with E-state index in [0.29, 0.717) is 12.1 Å². The first-order chi connectivity index (χ1) is 12.2. The van der Waals surface area contributed by atoms with Crippen molar-refractivity contribution < 1.29 is 4.79 Å². The lowest BCUT2D eigenvalue weighted by molar-refractivity contribution is -0.133. The van der Waals surface area contributed by atoms with Crippen LogP contribution in [0.4, 0.5) is 0 Å². The van der Waals surface area contributed by atoms with Crippen LogP contribution in [0.25, 0.3) is 11.0 Å². The zero-order valence-electron chi connectivity index (χ0n) is 13.8. The highest BCUT2D eigenvalue weighted by Crippen LogP contribution is 2.28. The molecule has 2 aromatic carbocycles. The number of carbonyl (C=O) groups excluding carboxylic acids is 1. The molecule has 5 heteroatoms. The van der Waals surface area contributed by atoms with Gasteiger partial charge in [-0.25, -0.2) is 4.98 Å². The summed E-state index contributed by atoms with van der Waals surface area (Å²) < 4.78 is 1.52. The van der Waals surface area contributed by atoms with Crippen LogP contribution in [0.5, 0.6) is 0 Å². The Morgan fingerprint density at radius 3 is 2.56 bits per heavy atom. The Balaban J connectivity index is 1.62. The van der Waals surface area contributed by atoms with E-state index < -0.39 is 0 Å². The highest BCUT2D eigenvalue weighted by molar-refractivity contribution is 5.80. The fourth-order valence-electron chi connectivity index (χ4n) is 3.09. The van der Waals surface area contributed by atoms with Crippen molar-refractivity contribution >= 4 is 16.9 Å². The molecule has 0 aliphatic heterocycles. The van der Waals surface area contributed by atoms with E-state index in [1.54, 1.807) is 0 Å². The normalized spacial score (nSPS) is 13.8. The first-order valence-corrected chi connectivity index (χ1v) is 8.50. The third-order valence-corrected chi connectivity index (χ3v) is 4.55. The average molecular weight is 333 g/mol. The summed E-state index contributed by atoms with van der Waals surface area (Å²) in [7, 11) is 0. The molecule has 0 spiro atoms. The van der Waals surface area contributed by atoms with Gasteiger partial charge in [-0.2, -0.15) is 0 Å². The molecule has 126 valence electrons. The molecule has 4 rings (SSSR count). The van der Waals surface area contributed by atoms with Crippen molar-refractivity contribution in [2.45, 2.75) is 32.0 Å². The van der Waals surface area contributed by atoms with Crippen LogP contribution in [0.2, 0.25) is 0 Å². The molecule has 0 N–H and O–H groups in total. The van der Waals surface area contributed by atoms with E-state index in [4.69, 9.17) is 0 Å². The van der Waals surface area contributed by atoms with Crippen LogP contribution in [0, 0.1) is 0 Å². The number of para-hydroxylation sites is 2. The molecule has 0 saturated heterocycles. The van der Waals surface area contributed by atoms with Crippen LogP contribution in [0.15, 0.2) is 65.6 Å². The molecule has 1 saturated carbocycles. The SMILES string of the molecule is O=C(Cn1c(=O)cnc2ccccc21)N(Cc1ccccc1)C1CC1. The van der Waals surface area contributed by atoms with Crippen molar-refractivity contribution in [1.82, 2.24) is 14.5 Å². The third-order valence-electron chi connectivity index (χ3n) is 4.55. The number of hydrogen-bond acceptors (Lipinski definition) is 3. The molecule has 1 amide bonds. The number of carbonyl (C=O) groups is 1. The summed E-state index contributed by atoms with van der Waals surface area (Å²) in [5, 5.41) is 0. The Morgan fingerprint density at radius 1 is 1.08 bits per heavy atom. The van der Waals surface area contributed by atoms with E-state index in [-0.39, 0.29) is 24.1 Å². The predicted octanol–water partition coefficient (Wildman–Crippen LogP) is 2.59. The molecule has 1 fully saturated rings. The fraction of sp³-hybridized carbons (Fsp3) is 0.250. The fourth-order valence-corrected chi connectivity index (χ4v) is 3.09. The molecule has 0 unspecified atom stereocenters. The lowest BCUT2D eigenvalue weighted by Crippen LogP contribution is -2.37. The zero-order valence-corrected chi connectivity index (χ0v) is 13.8. The third kappa shape index (κ3) is 3.31. The summed E-state index contributed by atoms with van der Waals surface area (Å²) >= 11 is 0. The van der Waals surface area contributed by atoms with Crippen LogP contribution in [0.3, 0.4) is 0 Å². The van der Waals surface area contributed by atoms with Gasteiger partial charge < -0.3 is 4.90 Å². The Hall–Kier alpha value is -2.95. The van der Waals surface area contributed by atoms with E-state index >= 15 is 0 Å². The number of fused-ring (bicyclic) bond motifs is 1. The topological polar surface area (TPSA) is 55.2 Å². The van der Waals surface area contributed by atoms with Gasteiger partial charge in [0.1, 0.15) is 6.54 Å². The summed E-state index contributed by atoms with van der Waals surface area (Å²) in [6.45, 7) is 0.632. The second kappa shape index (κ2) is 6.51. The molecule has 1 heterocycles. The zero-order chi connectivity index (χ0) is 17.2. The van der Waals surface area contributed by atoms with Crippen molar-refractivity contribution in [2.75, 3.05) is 0 Å². The first kappa shape index (κ1) is 15.6. The Bertz CT molecular complexity index is 961. The van der Waals surface area contributed by atoms with Gasteiger partial charge in [-0.05, 0) is 30.5 Å². The van der Waals surface area contributed by atoms with Gasteiger partial charge in [0.2, 0.25) is 5.91 Å². The molecule has 25 heavy (non-hydrogen) atoms. The number of hydrogen-bond donors (Lipinski definition) is 0. The van der Waals surface area contributed by atoms with Crippen molar-refractivity contribution in [3.05, 3.63) is 76.7 Å². The monoisotopic (exact) mass is 333 g/mol. The number of amides is 1. The maximum absolute atomic E-state index is 12.9. The Morgan fingerprint density at radius 2 is 1.80 bits per heavy atom. The van der Waals surface area contributed by atoms with Gasteiger partial charge in [0.25, 0.3) is 5.56 Å². The van der Waals surface area contributed by atoms with Crippen molar-refractivity contribution in [3.63, 3.8) is 0 Å². The van der Waals surface area contributed by atoms with Crippen LogP contribution in [0.1, 0.15) is 18.4 Å². The molecular weight excluding hydrogens is 314 g/mol. The summed E-state index contributed by atoms with van der Waals surface area (Å²) in [6, 6.07) is 17.7. The highest BCUT2D eigenvalue weighted by atomic mass is 16.2. The largest absolute Gasteiger partial charge is 0.334 e. The van der Waals surface area contributed by atoms with E-state index in [0.717, 1.165) is 23.9 Å². The molecular formula is C20H19N3O2. The van der Waals surface area contributed by atoms with E-state index in [9.17, 15) is 9.59 Å². The number of aromatic nitrogens is 2. The van der Waals surface area contributed by atoms with Gasteiger partial charge in [-0.3, -0.25) is 14.2 Å². The van der Waals surface area contributed by atoms with E-state index in [1.807, 2.05) is 59.5 Å². The smallest absolute Gasteiger partial charge is 0.269 e. The van der Waals surface area contributed by atoms with E-state index in [1.165, 1.54) is 10.8 Å². The van der Waals surface area contributed by atoms with E-state index in [2.05, 4.69) is 4.98 Å². The van der Waals surface area contributed by atoms with Crippen molar-refractivity contribution in [1.29, 1.82) is 0 Å². The van der Waals surface area contributed by atoms with Crippen LogP contribution in [-0.4, -0.2) is 26.4 Å². The quantitative estimate of drug-likeness (QED) is 0.721.